The zero-order valence-corrected chi connectivity index (χ0v) is 16.6. The lowest BCUT2D eigenvalue weighted by Crippen LogP contribution is -2.55. The van der Waals surface area contributed by atoms with Gasteiger partial charge in [-0.05, 0) is 26.0 Å². The first-order chi connectivity index (χ1) is 12.9. The molecule has 1 atom stereocenters. The molecule has 2 heterocycles. The molecule has 1 aromatic rings. The van der Waals surface area contributed by atoms with Crippen LogP contribution in [0, 0.1) is 5.82 Å². The van der Waals surface area contributed by atoms with Crippen LogP contribution in [0.2, 0.25) is 5.02 Å². The SMILES string of the molecule is CC1(C)COCCN1CCNC(=O)N1CCO[C@H](c2ccc(F)cc2Cl)C1. The average Bonchev–Trinajstić information content (AvgIpc) is 2.63. The Bertz CT molecular complexity index is 674. The Morgan fingerprint density at radius 2 is 2.19 bits per heavy atom. The Balaban J connectivity index is 1.51. The van der Waals surface area contributed by atoms with Gasteiger partial charge in [0.25, 0.3) is 0 Å². The van der Waals surface area contributed by atoms with Crippen molar-refractivity contribution in [1.29, 1.82) is 0 Å². The van der Waals surface area contributed by atoms with Crippen molar-refractivity contribution >= 4 is 17.6 Å². The van der Waals surface area contributed by atoms with E-state index in [0.29, 0.717) is 43.4 Å². The zero-order valence-electron chi connectivity index (χ0n) is 15.8. The minimum absolute atomic E-state index is 0.0215. The molecule has 2 amide bonds. The van der Waals surface area contributed by atoms with E-state index in [0.717, 1.165) is 19.7 Å². The number of hydrogen-bond donors (Lipinski definition) is 1. The number of halogens is 2. The van der Waals surface area contributed by atoms with Gasteiger partial charge in [0.05, 0.1) is 26.4 Å². The van der Waals surface area contributed by atoms with Gasteiger partial charge in [-0.3, -0.25) is 4.90 Å². The topological polar surface area (TPSA) is 54.0 Å². The molecular formula is C19H27ClFN3O3. The Kier molecular flexibility index (Phi) is 6.57. The van der Waals surface area contributed by atoms with Crippen molar-refractivity contribution in [2.45, 2.75) is 25.5 Å². The van der Waals surface area contributed by atoms with Crippen LogP contribution in [-0.4, -0.2) is 73.9 Å². The molecule has 27 heavy (non-hydrogen) atoms. The van der Waals surface area contributed by atoms with Crippen molar-refractivity contribution in [3.8, 4) is 0 Å². The van der Waals surface area contributed by atoms with E-state index in [1.54, 1.807) is 11.0 Å². The summed E-state index contributed by atoms with van der Waals surface area (Å²) in [6, 6.07) is 4.12. The van der Waals surface area contributed by atoms with E-state index in [1.165, 1.54) is 12.1 Å². The fourth-order valence-electron chi connectivity index (χ4n) is 3.50. The number of nitrogens with zero attached hydrogens (tertiary/aromatic N) is 2. The van der Waals surface area contributed by atoms with E-state index < -0.39 is 0 Å². The van der Waals surface area contributed by atoms with Gasteiger partial charge in [0.2, 0.25) is 0 Å². The third-order valence-electron chi connectivity index (χ3n) is 5.14. The maximum Gasteiger partial charge on any atom is 0.317 e. The van der Waals surface area contributed by atoms with Gasteiger partial charge in [0.15, 0.2) is 0 Å². The first kappa shape index (κ1) is 20.3. The van der Waals surface area contributed by atoms with E-state index in [9.17, 15) is 9.18 Å². The standard InChI is InChI=1S/C19H27ClFN3O3/c1-19(2)13-26-9-8-24(19)6-5-22-18(25)23-7-10-27-17(12-23)15-4-3-14(21)11-16(15)20/h3-4,11,17H,5-10,12-13H2,1-2H3,(H,22,25)/t17-/m0/s1. The van der Waals surface area contributed by atoms with Crippen LogP contribution in [0.5, 0.6) is 0 Å². The highest BCUT2D eigenvalue weighted by atomic mass is 35.5. The van der Waals surface area contributed by atoms with Gasteiger partial charge >= 0.3 is 6.03 Å². The van der Waals surface area contributed by atoms with Gasteiger partial charge in [0, 0.05) is 42.3 Å². The molecule has 0 aliphatic carbocycles. The fourth-order valence-corrected chi connectivity index (χ4v) is 3.79. The van der Waals surface area contributed by atoms with E-state index in [2.05, 4.69) is 24.1 Å². The lowest BCUT2D eigenvalue weighted by molar-refractivity contribution is -0.0500. The molecule has 8 heteroatoms. The number of amides is 2. The van der Waals surface area contributed by atoms with E-state index in [-0.39, 0.29) is 23.5 Å². The van der Waals surface area contributed by atoms with Crippen molar-refractivity contribution < 1.29 is 18.7 Å². The number of ether oxygens (including phenoxy) is 2. The Morgan fingerprint density at radius 3 is 2.93 bits per heavy atom. The summed E-state index contributed by atoms with van der Waals surface area (Å²) in [7, 11) is 0. The molecule has 0 radical (unpaired) electrons. The first-order valence-corrected chi connectivity index (χ1v) is 9.67. The summed E-state index contributed by atoms with van der Waals surface area (Å²) in [4.78, 5) is 16.6. The Labute approximate surface area is 164 Å². The highest BCUT2D eigenvalue weighted by Crippen LogP contribution is 2.29. The van der Waals surface area contributed by atoms with Crippen LogP contribution >= 0.6 is 11.6 Å². The summed E-state index contributed by atoms with van der Waals surface area (Å²) in [6.45, 7) is 9.25. The quantitative estimate of drug-likeness (QED) is 0.845. The highest BCUT2D eigenvalue weighted by Gasteiger charge is 2.31. The number of carbonyl (C=O) groups is 1. The molecule has 150 valence electrons. The number of rotatable bonds is 4. The molecule has 1 N–H and O–H groups in total. The number of urea groups is 1. The fraction of sp³-hybridized carbons (Fsp3) is 0.632. The summed E-state index contributed by atoms with van der Waals surface area (Å²) in [5, 5.41) is 3.31. The van der Waals surface area contributed by atoms with Crippen molar-refractivity contribution in [3.05, 3.63) is 34.6 Å². The number of benzene rings is 1. The summed E-state index contributed by atoms with van der Waals surface area (Å²) in [5.41, 5.74) is 0.678. The molecule has 2 aliphatic rings. The normalized spacial score (nSPS) is 23.3. The minimum atomic E-state index is -0.389. The van der Waals surface area contributed by atoms with Crippen molar-refractivity contribution in [2.24, 2.45) is 0 Å². The number of nitrogens with one attached hydrogen (secondary N) is 1. The average molecular weight is 400 g/mol. The lowest BCUT2D eigenvalue weighted by Gasteiger charge is -2.42. The number of morpholine rings is 2. The van der Waals surface area contributed by atoms with Crippen molar-refractivity contribution in [1.82, 2.24) is 15.1 Å². The van der Waals surface area contributed by atoms with E-state index in [4.69, 9.17) is 21.1 Å². The van der Waals surface area contributed by atoms with Gasteiger partial charge in [-0.15, -0.1) is 0 Å². The molecule has 6 nitrogen and oxygen atoms in total. The van der Waals surface area contributed by atoms with Crippen LogP contribution in [0.3, 0.4) is 0 Å². The van der Waals surface area contributed by atoms with Crippen LogP contribution in [0.15, 0.2) is 18.2 Å². The number of hydrogen-bond acceptors (Lipinski definition) is 4. The molecule has 0 spiro atoms. The monoisotopic (exact) mass is 399 g/mol. The third-order valence-corrected chi connectivity index (χ3v) is 5.47. The molecule has 0 bridgehead atoms. The van der Waals surface area contributed by atoms with Gasteiger partial charge < -0.3 is 19.7 Å². The second-order valence-corrected chi connectivity index (χ2v) is 7.96. The molecule has 1 aromatic carbocycles. The zero-order chi connectivity index (χ0) is 19.4. The molecule has 0 saturated carbocycles. The Hall–Kier alpha value is -1.41. The molecule has 0 aromatic heterocycles. The van der Waals surface area contributed by atoms with Gasteiger partial charge in [0.1, 0.15) is 11.9 Å². The van der Waals surface area contributed by atoms with Crippen molar-refractivity contribution in [3.63, 3.8) is 0 Å². The summed E-state index contributed by atoms with van der Waals surface area (Å²) < 4.78 is 24.5. The van der Waals surface area contributed by atoms with Crippen LogP contribution in [0.1, 0.15) is 25.5 Å². The molecular weight excluding hydrogens is 373 g/mol. The van der Waals surface area contributed by atoms with Crippen LogP contribution < -0.4 is 5.32 Å². The van der Waals surface area contributed by atoms with Gasteiger partial charge in [-0.2, -0.15) is 0 Å². The summed E-state index contributed by atoms with van der Waals surface area (Å²) in [6.07, 6.45) is -0.351. The predicted molar refractivity (Wildman–Crippen MR) is 102 cm³/mol. The molecule has 2 aliphatic heterocycles. The van der Waals surface area contributed by atoms with Crippen LogP contribution in [-0.2, 0) is 9.47 Å². The summed E-state index contributed by atoms with van der Waals surface area (Å²) in [5.74, 6) is -0.389. The maximum atomic E-state index is 13.3. The van der Waals surface area contributed by atoms with Crippen LogP contribution in [0.25, 0.3) is 0 Å². The van der Waals surface area contributed by atoms with E-state index in [1.807, 2.05) is 0 Å². The highest BCUT2D eigenvalue weighted by molar-refractivity contribution is 6.31. The second kappa shape index (κ2) is 8.73. The van der Waals surface area contributed by atoms with E-state index >= 15 is 0 Å². The molecule has 3 rings (SSSR count). The Morgan fingerprint density at radius 1 is 1.37 bits per heavy atom. The smallest absolute Gasteiger partial charge is 0.317 e. The summed E-state index contributed by atoms with van der Waals surface area (Å²) >= 11 is 6.13. The number of carbonyl (C=O) groups excluding carboxylic acids is 1. The first-order valence-electron chi connectivity index (χ1n) is 9.29. The molecule has 2 fully saturated rings. The lowest BCUT2D eigenvalue weighted by atomic mass is 10.0. The van der Waals surface area contributed by atoms with Crippen molar-refractivity contribution in [2.75, 3.05) is 52.5 Å². The van der Waals surface area contributed by atoms with Gasteiger partial charge in [-0.1, -0.05) is 17.7 Å². The minimum Gasteiger partial charge on any atom is -0.378 e. The molecule has 0 unspecified atom stereocenters. The largest absolute Gasteiger partial charge is 0.378 e. The van der Waals surface area contributed by atoms with Crippen LogP contribution in [0.4, 0.5) is 9.18 Å². The van der Waals surface area contributed by atoms with Gasteiger partial charge in [-0.25, -0.2) is 9.18 Å². The second-order valence-electron chi connectivity index (χ2n) is 7.56. The third kappa shape index (κ3) is 5.10. The maximum absolute atomic E-state index is 13.3. The molecule has 2 saturated heterocycles. The predicted octanol–water partition coefficient (Wildman–Crippen LogP) is 2.67.